The van der Waals surface area contributed by atoms with Crippen molar-refractivity contribution in [2.45, 2.75) is 447 Å². The molecule has 12 unspecified atom stereocenters. The normalized spacial score (nSPS) is 21.9. The Morgan fingerprint density at radius 1 is 0.356 bits per heavy atom. The molecule has 14 nitrogen and oxygen atoms in total. The first-order valence-corrected chi connectivity index (χ1v) is 43.5. The second-order valence-corrected chi connectivity index (χ2v) is 30.3. The zero-order valence-corrected chi connectivity index (χ0v) is 66.5. The van der Waals surface area contributed by atoms with Crippen LogP contribution in [0.5, 0.6) is 0 Å². The van der Waals surface area contributed by atoms with Gasteiger partial charge in [0.25, 0.3) is 0 Å². The summed E-state index contributed by atoms with van der Waals surface area (Å²) in [4.78, 5) is 13.4. The summed E-state index contributed by atoms with van der Waals surface area (Å²) in [6.45, 7) is 2.80. The van der Waals surface area contributed by atoms with Crippen molar-refractivity contribution in [2.24, 2.45) is 0 Å². The van der Waals surface area contributed by atoms with Crippen LogP contribution in [0.2, 0.25) is 0 Å². The fourth-order valence-corrected chi connectivity index (χ4v) is 14.0. The predicted molar refractivity (Wildman–Crippen MR) is 433 cm³/mol. The molecule has 9 N–H and O–H groups in total. The van der Waals surface area contributed by atoms with Crippen LogP contribution in [0.1, 0.15) is 373 Å². The van der Waals surface area contributed by atoms with E-state index in [0.29, 0.717) is 12.8 Å². The number of nitrogens with one attached hydrogen (secondary N) is 1. The molecule has 0 saturated carbocycles. The number of carbonyl (C=O) groups is 1. The van der Waals surface area contributed by atoms with Gasteiger partial charge in [-0.2, -0.15) is 0 Å². The Kier molecular flexibility index (Phi) is 67.8. The van der Waals surface area contributed by atoms with E-state index in [2.05, 4.69) is 116 Å². The Hall–Kier alpha value is -3.09. The molecule has 2 heterocycles. The van der Waals surface area contributed by atoms with E-state index in [1.807, 2.05) is 0 Å². The number of allylic oxidation sites excluding steroid dienone is 16. The highest BCUT2D eigenvalue weighted by molar-refractivity contribution is 5.76. The van der Waals surface area contributed by atoms with Gasteiger partial charge in [0.15, 0.2) is 12.6 Å². The van der Waals surface area contributed by atoms with Crippen molar-refractivity contribution < 1.29 is 64.6 Å². The van der Waals surface area contributed by atoms with Crippen molar-refractivity contribution in [3.05, 3.63) is 97.2 Å². The zero-order chi connectivity index (χ0) is 75.1. The average Bonchev–Trinajstić information content (AvgIpc) is 0.791. The molecule has 2 saturated heterocycles. The van der Waals surface area contributed by atoms with E-state index in [-0.39, 0.29) is 12.5 Å². The van der Waals surface area contributed by atoms with E-state index in [9.17, 15) is 45.6 Å². The summed E-state index contributed by atoms with van der Waals surface area (Å²) in [5.74, 6) is -0.205. The summed E-state index contributed by atoms with van der Waals surface area (Å²) >= 11 is 0. The minimum atomic E-state index is -1.79. The highest BCUT2D eigenvalue weighted by Crippen LogP contribution is 2.31. The molecule has 2 rings (SSSR count). The van der Waals surface area contributed by atoms with E-state index < -0.39 is 86.8 Å². The number of hydrogen-bond acceptors (Lipinski definition) is 13. The summed E-state index contributed by atoms with van der Waals surface area (Å²) in [6.07, 6.45) is 87.4. The number of hydrogen-bond donors (Lipinski definition) is 9. The SMILES string of the molecule is CC/C=C\C/C=C\C/C=C\C/C=C\C/C=C\C/C=C\C/C=C\C/C=C\CCCCCCCCCCCCCCCCC(=O)NC(COC1OC(CO)C(OC2OC(CO)C(O)C(O)C2O)C(O)C1O)C(O)CCCCCCCCCCCCCCCCCCCCCCCCCCCCCCCCC. The van der Waals surface area contributed by atoms with Gasteiger partial charge < -0.3 is 65.1 Å². The van der Waals surface area contributed by atoms with Crippen molar-refractivity contribution in [1.29, 1.82) is 0 Å². The van der Waals surface area contributed by atoms with Gasteiger partial charge in [0.1, 0.15) is 48.8 Å². The summed E-state index contributed by atoms with van der Waals surface area (Å²) in [5.41, 5.74) is 0. The molecule has 0 aromatic heterocycles. The Morgan fingerprint density at radius 2 is 0.663 bits per heavy atom. The topological polar surface area (TPSA) is 228 Å². The van der Waals surface area contributed by atoms with Gasteiger partial charge in [-0.25, -0.2) is 0 Å². The van der Waals surface area contributed by atoms with Crippen LogP contribution >= 0.6 is 0 Å². The number of amides is 1. The third kappa shape index (κ3) is 54.5. The minimum absolute atomic E-state index is 0.205. The smallest absolute Gasteiger partial charge is 0.220 e. The molecule has 604 valence electrons. The van der Waals surface area contributed by atoms with Gasteiger partial charge in [-0.3, -0.25) is 4.79 Å². The summed E-state index contributed by atoms with van der Waals surface area (Å²) in [7, 11) is 0. The van der Waals surface area contributed by atoms with Crippen LogP contribution in [0.4, 0.5) is 0 Å². The fourth-order valence-electron chi connectivity index (χ4n) is 14.0. The lowest BCUT2D eigenvalue weighted by Crippen LogP contribution is -2.65. The lowest BCUT2D eigenvalue weighted by Gasteiger charge is -2.46. The van der Waals surface area contributed by atoms with Crippen LogP contribution in [0.3, 0.4) is 0 Å². The van der Waals surface area contributed by atoms with Crippen LogP contribution in [-0.4, -0.2) is 140 Å². The maximum absolute atomic E-state index is 13.4. The second-order valence-electron chi connectivity index (χ2n) is 30.3. The highest BCUT2D eigenvalue weighted by Gasteiger charge is 2.51. The maximum Gasteiger partial charge on any atom is 0.220 e. The van der Waals surface area contributed by atoms with Crippen molar-refractivity contribution in [2.75, 3.05) is 19.8 Å². The molecule has 0 bridgehead atoms. The lowest BCUT2D eigenvalue weighted by atomic mass is 9.97. The Balaban J connectivity index is 1.58. The van der Waals surface area contributed by atoms with Gasteiger partial charge in [-0.05, 0) is 77.0 Å². The first-order valence-electron chi connectivity index (χ1n) is 43.5. The predicted octanol–water partition coefficient (Wildman–Crippen LogP) is 20.8. The van der Waals surface area contributed by atoms with Crippen LogP contribution < -0.4 is 5.32 Å². The minimum Gasteiger partial charge on any atom is -0.394 e. The number of aliphatic hydroxyl groups excluding tert-OH is 8. The van der Waals surface area contributed by atoms with E-state index in [1.54, 1.807) is 0 Å². The molecule has 12 atom stereocenters. The van der Waals surface area contributed by atoms with E-state index >= 15 is 0 Å². The fraction of sp³-hybridized carbons (Fsp3) is 0.811. The molecule has 0 radical (unpaired) electrons. The molecule has 14 heteroatoms. The Morgan fingerprint density at radius 3 is 1.02 bits per heavy atom. The quantitative estimate of drug-likeness (QED) is 0.0204. The molecular formula is C90H161NO13. The molecular weight excluding hydrogens is 1300 g/mol. The molecule has 1 amide bonds. The number of rotatable bonds is 73. The van der Waals surface area contributed by atoms with Crippen LogP contribution in [0.25, 0.3) is 0 Å². The Bertz CT molecular complexity index is 2120. The van der Waals surface area contributed by atoms with Gasteiger partial charge in [-0.15, -0.1) is 0 Å². The van der Waals surface area contributed by atoms with E-state index in [0.717, 1.165) is 103 Å². The molecule has 2 aliphatic heterocycles. The van der Waals surface area contributed by atoms with Crippen molar-refractivity contribution >= 4 is 5.91 Å². The number of aliphatic hydroxyl groups is 8. The third-order valence-corrected chi connectivity index (χ3v) is 20.8. The number of unbranched alkanes of at least 4 members (excludes halogenated alkanes) is 44. The van der Waals surface area contributed by atoms with Crippen molar-refractivity contribution in [3.63, 3.8) is 0 Å². The summed E-state index contributed by atoms with van der Waals surface area (Å²) in [5, 5.41) is 88.0. The standard InChI is InChI=1S/C90H161NO13/c1-3-5-7-9-11-13-15-17-19-21-23-25-27-29-31-33-35-36-37-38-39-40-41-42-44-46-48-50-52-54-56-58-60-62-64-66-68-70-72-74-82(95)91-78(77-101-89-87(100)85(98)88(81(76-93)103-89)104-90-86(99)84(97)83(96)80(75-92)102-90)79(94)73-71-69-67-65-63-61-59-57-55-53-51-49-47-45-43-34-32-30-28-26-24-22-20-18-16-14-12-10-8-6-4-2/h5,7,11,13,17,19,23,25,29,31,35-36,38-39,41-42,78-81,83-90,92-94,96-100H,3-4,6,8-10,12,14-16,18,20-22,24,26-28,30,32-34,37,40,43-77H2,1-2H3,(H,91,95)/b7-5-,13-11-,19-17-,25-23-,31-29-,36-35-,39-38-,42-41-. The van der Waals surface area contributed by atoms with Crippen LogP contribution in [0, 0.1) is 0 Å². The third-order valence-electron chi connectivity index (χ3n) is 20.8. The van der Waals surface area contributed by atoms with Gasteiger partial charge in [0.2, 0.25) is 5.91 Å². The molecule has 0 aromatic carbocycles. The maximum atomic E-state index is 13.4. The Labute approximate surface area is 636 Å². The molecule has 104 heavy (non-hydrogen) atoms. The van der Waals surface area contributed by atoms with Crippen LogP contribution in [-0.2, 0) is 23.7 Å². The average molecular weight is 1470 g/mol. The number of ether oxygens (including phenoxy) is 4. The van der Waals surface area contributed by atoms with E-state index in [1.165, 1.54) is 244 Å². The highest BCUT2D eigenvalue weighted by atomic mass is 16.7. The van der Waals surface area contributed by atoms with Gasteiger partial charge in [-0.1, -0.05) is 387 Å². The monoisotopic (exact) mass is 1460 g/mol. The molecule has 2 fully saturated rings. The van der Waals surface area contributed by atoms with Gasteiger partial charge in [0.05, 0.1) is 32.0 Å². The van der Waals surface area contributed by atoms with E-state index in [4.69, 9.17) is 18.9 Å². The second kappa shape index (κ2) is 72.8. The first kappa shape index (κ1) is 97.0. The zero-order valence-electron chi connectivity index (χ0n) is 66.5. The molecule has 2 aliphatic rings. The number of carbonyl (C=O) groups excluding carboxylic acids is 1. The van der Waals surface area contributed by atoms with Crippen molar-refractivity contribution in [3.8, 4) is 0 Å². The lowest BCUT2D eigenvalue weighted by molar-refractivity contribution is -0.359. The van der Waals surface area contributed by atoms with Gasteiger partial charge in [0, 0.05) is 6.42 Å². The largest absolute Gasteiger partial charge is 0.394 e. The summed E-state index contributed by atoms with van der Waals surface area (Å²) in [6, 6.07) is -0.836. The summed E-state index contributed by atoms with van der Waals surface area (Å²) < 4.78 is 23.0. The van der Waals surface area contributed by atoms with Crippen molar-refractivity contribution in [1.82, 2.24) is 5.32 Å². The molecule has 0 aliphatic carbocycles. The van der Waals surface area contributed by atoms with Gasteiger partial charge >= 0.3 is 0 Å². The first-order chi connectivity index (χ1) is 51.1. The van der Waals surface area contributed by atoms with Crippen LogP contribution in [0.15, 0.2) is 97.2 Å². The molecule has 0 spiro atoms. The molecule has 0 aromatic rings.